The first kappa shape index (κ1) is 21.5. The van der Waals surface area contributed by atoms with Crippen LogP contribution in [0, 0.1) is 12.8 Å². The van der Waals surface area contributed by atoms with E-state index in [4.69, 9.17) is 4.74 Å². The second-order valence-electron chi connectivity index (χ2n) is 7.69. The highest BCUT2D eigenvalue weighted by atomic mass is 16.5. The molecule has 1 aromatic carbocycles. The molecule has 1 unspecified atom stereocenters. The van der Waals surface area contributed by atoms with Gasteiger partial charge in [-0.1, -0.05) is 31.5 Å². The Balaban J connectivity index is 1.72. The van der Waals surface area contributed by atoms with Gasteiger partial charge in [-0.2, -0.15) is 0 Å². The minimum absolute atomic E-state index is 0.515. The molecule has 1 aromatic rings. The van der Waals surface area contributed by atoms with Gasteiger partial charge in [-0.15, -0.1) is 0 Å². The average Bonchev–Trinajstić information content (AvgIpc) is 2.66. The number of likely N-dealkylation sites (N-methyl/N-ethyl adjacent to an activating group) is 1. The summed E-state index contributed by atoms with van der Waals surface area (Å²) in [4.78, 5) is 9.35. The van der Waals surface area contributed by atoms with Gasteiger partial charge in [0.15, 0.2) is 5.96 Å². The second-order valence-corrected chi connectivity index (χ2v) is 7.69. The topological polar surface area (TPSA) is 52.1 Å². The molecule has 0 bridgehead atoms. The third-order valence-electron chi connectivity index (χ3n) is 5.16. The number of piperazine rings is 1. The van der Waals surface area contributed by atoms with Crippen LogP contribution in [0.25, 0.3) is 0 Å². The lowest BCUT2D eigenvalue weighted by Crippen LogP contribution is -2.55. The van der Waals surface area contributed by atoms with Crippen LogP contribution in [-0.2, 0) is 0 Å². The summed E-state index contributed by atoms with van der Waals surface area (Å²) in [6.45, 7) is 13.5. The number of hydrogen-bond donors (Lipinski definition) is 2. The molecule has 0 aliphatic carbocycles. The van der Waals surface area contributed by atoms with Gasteiger partial charge in [0.25, 0.3) is 0 Å². The van der Waals surface area contributed by atoms with Crippen molar-refractivity contribution >= 4 is 5.96 Å². The standard InChI is InChI=1S/C21H37N5O/c1-17(2)20(26-13-11-25(5)12-14-26)16-24-21(22-4)23-10-15-27-19-8-6-18(3)7-9-19/h6-9,17,20H,10-16H2,1-5H3,(H2,22,23,24). The van der Waals surface area contributed by atoms with Gasteiger partial charge in [-0.05, 0) is 32.0 Å². The Hall–Kier alpha value is -1.79. The van der Waals surface area contributed by atoms with Crippen LogP contribution in [0.4, 0.5) is 0 Å². The highest BCUT2D eigenvalue weighted by molar-refractivity contribution is 5.79. The smallest absolute Gasteiger partial charge is 0.191 e. The molecule has 1 saturated heterocycles. The number of nitrogens with one attached hydrogen (secondary N) is 2. The van der Waals surface area contributed by atoms with Gasteiger partial charge < -0.3 is 20.3 Å². The number of benzene rings is 1. The van der Waals surface area contributed by atoms with Crippen molar-refractivity contribution in [3.05, 3.63) is 29.8 Å². The molecular weight excluding hydrogens is 338 g/mol. The quantitative estimate of drug-likeness (QED) is 0.412. The van der Waals surface area contributed by atoms with Crippen molar-refractivity contribution in [1.29, 1.82) is 0 Å². The molecule has 1 atom stereocenters. The number of guanidine groups is 1. The van der Waals surface area contributed by atoms with E-state index >= 15 is 0 Å². The molecule has 1 aliphatic rings. The van der Waals surface area contributed by atoms with Crippen LogP contribution in [0.3, 0.4) is 0 Å². The van der Waals surface area contributed by atoms with Gasteiger partial charge in [0.2, 0.25) is 0 Å². The van der Waals surface area contributed by atoms with Crippen molar-refractivity contribution < 1.29 is 4.74 Å². The van der Waals surface area contributed by atoms with Crippen molar-refractivity contribution in [2.45, 2.75) is 26.8 Å². The lowest BCUT2D eigenvalue weighted by atomic mass is 10.0. The first-order chi connectivity index (χ1) is 13.0. The molecule has 0 radical (unpaired) electrons. The second kappa shape index (κ2) is 11.1. The van der Waals surface area contributed by atoms with E-state index in [9.17, 15) is 0 Å². The number of nitrogens with zero attached hydrogens (tertiary/aromatic N) is 3. The first-order valence-electron chi connectivity index (χ1n) is 10.1. The zero-order chi connectivity index (χ0) is 19.6. The fraction of sp³-hybridized carbons (Fsp3) is 0.667. The summed E-state index contributed by atoms with van der Waals surface area (Å²) < 4.78 is 5.77. The Morgan fingerprint density at radius 2 is 1.78 bits per heavy atom. The number of aryl methyl sites for hydroxylation is 1. The molecule has 6 nitrogen and oxygen atoms in total. The van der Waals surface area contributed by atoms with E-state index in [0.717, 1.165) is 44.4 Å². The fourth-order valence-corrected chi connectivity index (χ4v) is 3.33. The highest BCUT2D eigenvalue weighted by Crippen LogP contribution is 2.13. The van der Waals surface area contributed by atoms with Crippen LogP contribution in [0.1, 0.15) is 19.4 Å². The van der Waals surface area contributed by atoms with Crippen LogP contribution < -0.4 is 15.4 Å². The van der Waals surface area contributed by atoms with E-state index in [1.165, 1.54) is 5.56 Å². The van der Waals surface area contributed by atoms with Crippen LogP contribution in [0.2, 0.25) is 0 Å². The highest BCUT2D eigenvalue weighted by Gasteiger charge is 2.24. The Labute approximate surface area is 165 Å². The molecule has 2 N–H and O–H groups in total. The zero-order valence-electron chi connectivity index (χ0n) is 17.7. The summed E-state index contributed by atoms with van der Waals surface area (Å²) >= 11 is 0. The first-order valence-corrected chi connectivity index (χ1v) is 10.1. The van der Waals surface area contributed by atoms with E-state index < -0.39 is 0 Å². The molecule has 0 aromatic heterocycles. The average molecular weight is 376 g/mol. The molecule has 1 aliphatic heterocycles. The van der Waals surface area contributed by atoms with Crippen molar-refractivity contribution in [2.24, 2.45) is 10.9 Å². The summed E-state index contributed by atoms with van der Waals surface area (Å²) in [5.74, 6) is 2.34. The maximum absolute atomic E-state index is 5.77. The lowest BCUT2D eigenvalue weighted by molar-refractivity contribution is 0.0900. The van der Waals surface area contributed by atoms with Crippen molar-refractivity contribution in [3.63, 3.8) is 0 Å². The molecule has 0 amide bonds. The van der Waals surface area contributed by atoms with E-state index in [2.05, 4.69) is 65.4 Å². The largest absolute Gasteiger partial charge is 0.492 e. The predicted molar refractivity (Wildman–Crippen MR) is 114 cm³/mol. The maximum atomic E-state index is 5.77. The van der Waals surface area contributed by atoms with Crippen molar-refractivity contribution in [1.82, 2.24) is 20.4 Å². The van der Waals surface area contributed by atoms with Crippen LogP contribution in [-0.4, -0.2) is 81.8 Å². The monoisotopic (exact) mass is 375 g/mol. The third-order valence-corrected chi connectivity index (χ3v) is 5.16. The summed E-state index contributed by atoms with van der Waals surface area (Å²) in [5, 5.41) is 6.84. The van der Waals surface area contributed by atoms with Crippen LogP contribution >= 0.6 is 0 Å². The predicted octanol–water partition coefficient (Wildman–Crippen LogP) is 1.81. The summed E-state index contributed by atoms with van der Waals surface area (Å²) in [6.07, 6.45) is 0. The number of aliphatic imine (C=N–C) groups is 1. The Kier molecular flexibility index (Phi) is 8.88. The normalized spacial score (nSPS) is 17.8. The van der Waals surface area contributed by atoms with Crippen molar-refractivity contribution in [3.8, 4) is 5.75 Å². The Morgan fingerprint density at radius 1 is 1.11 bits per heavy atom. The van der Waals surface area contributed by atoms with Gasteiger partial charge in [0.1, 0.15) is 12.4 Å². The van der Waals surface area contributed by atoms with Gasteiger partial charge in [-0.25, -0.2) is 0 Å². The lowest BCUT2D eigenvalue weighted by Gasteiger charge is -2.40. The van der Waals surface area contributed by atoms with Gasteiger partial charge in [-0.3, -0.25) is 9.89 Å². The molecule has 0 spiro atoms. The maximum Gasteiger partial charge on any atom is 0.191 e. The zero-order valence-corrected chi connectivity index (χ0v) is 17.7. The Morgan fingerprint density at radius 3 is 2.37 bits per heavy atom. The van der Waals surface area contributed by atoms with Gasteiger partial charge in [0, 0.05) is 45.8 Å². The van der Waals surface area contributed by atoms with Crippen LogP contribution in [0.15, 0.2) is 29.3 Å². The molecule has 6 heteroatoms. The summed E-state index contributed by atoms with van der Waals surface area (Å²) in [7, 11) is 4.01. The number of hydrogen-bond acceptors (Lipinski definition) is 4. The Bertz CT molecular complexity index is 564. The van der Waals surface area contributed by atoms with Gasteiger partial charge >= 0.3 is 0 Å². The van der Waals surface area contributed by atoms with E-state index in [1.54, 1.807) is 0 Å². The summed E-state index contributed by atoms with van der Waals surface area (Å²) in [5.41, 5.74) is 1.24. The van der Waals surface area contributed by atoms with E-state index in [0.29, 0.717) is 25.1 Å². The molecule has 2 rings (SSSR count). The van der Waals surface area contributed by atoms with Gasteiger partial charge in [0.05, 0.1) is 6.54 Å². The molecular formula is C21H37N5O. The third kappa shape index (κ3) is 7.39. The SMILES string of the molecule is CN=C(NCCOc1ccc(C)cc1)NCC(C(C)C)N1CCN(C)CC1. The van der Waals surface area contributed by atoms with Crippen molar-refractivity contribution in [2.75, 3.05) is 60.0 Å². The molecule has 152 valence electrons. The summed E-state index contributed by atoms with van der Waals surface area (Å²) in [6, 6.07) is 8.65. The van der Waals surface area contributed by atoms with E-state index in [-0.39, 0.29) is 0 Å². The minimum atomic E-state index is 0.515. The molecule has 27 heavy (non-hydrogen) atoms. The molecule has 0 saturated carbocycles. The fourth-order valence-electron chi connectivity index (χ4n) is 3.33. The van der Waals surface area contributed by atoms with Crippen LogP contribution in [0.5, 0.6) is 5.75 Å². The van der Waals surface area contributed by atoms with E-state index in [1.807, 2.05) is 19.2 Å². The minimum Gasteiger partial charge on any atom is -0.492 e. The molecule has 1 heterocycles. The number of ether oxygens (including phenoxy) is 1. The number of rotatable bonds is 8. The molecule has 1 fully saturated rings.